The molecular formula is C19H18F2N4OS. The van der Waals surface area contributed by atoms with Crippen molar-refractivity contribution in [1.82, 2.24) is 19.9 Å². The maximum atomic E-state index is 12.9. The topological polar surface area (TPSA) is 61.9 Å². The number of piperidine rings is 1. The Hall–Kier alpha value is -2.48. The number of para-hydroxylation sites is 2. The number of hydrogen-bond acceptors (Lipinski definition) is 4. The number of carbonyl (C=O) groups excluding carboxylic acids is 1. The number of aromatic nitrogens is 3. The van der Waals surface area contributed by atoms with Gasteiger partial charge in [-0.15, -0.1) is 0 Å². The fraction of sp³-hybridized carbons (Fsp3) is 0.316. The summed E-state index contributed by atoms with van der Waals surface area (Å²) in [6.45, 7) is 1.11. The van der Waals surface area contributed by atoms with E-state index in [9.17, 15) is 13.6 Å². The van der Waals surface area contributed by atoms with Crippen molar-refractivity contribution in [2.75, 3.05) is 13.1 Å². The summed E-state index contributed by atoms with van der Waals surface area (Å²) in [6.07, 6.45) is 3.19. The summed E-state index contributed by atoms with van der Waals surface area (Å²) >= 11 is 0.307. The Balaban J connectivity index is 1.55. The number of pyridine rings is 1. The summed E-state index contributed by atoms with van der Waals surface area (Å²) in [5.74, 6) is -1.91. The molecule has 3 aromatic rings. The molecule has 1 unspecified atom stereocenters. The molecule has 0 saturated carbocycles. The second-order valence-electron chi connectivity index (χ2n) is 6.46. The van der Waals surface area contributed by atoms with Gasteiger partial charge in [0, 0.05) is 25.2 Å². The van der Waals surface area contributed by atoms with Crippen molar-refractivity contribution in [2.24, 2.45) is 0 Å². The molecule has 27 heavy (non-hydrogen) atoms. The number of benzene rings is 1. The fourth-order valence-electron chi connectivity index (χ4n) is 3.45. The van der Waals surface area contributed by atoms with Gasteiger partial charge in [0.1, 0.15) is 10.9 Å². The number of alkyl halides is 2. The molecule has 4 rings (SSSR count). The number of likely N-dealkylation sites (tertiary alicyclic amines) is 1. The van der Waals surface area contributed by atoms with Crippen LogP contribution in [-0.4, -0.2) is 44.6 Å². The second kappa shape index (κ2) is 7.64. The molecule has 0 radical (unpaired) electrons. The Morgan fingerprint density at radius 1 is 1.26 bits per heavy atom. The van der Waals surface area contributed by atoms with Gasteiger partial charge in [-0.25, -0.2) is 9.97 Å². The molecule has 140 valence electrons. The van der Waals surface area contributed by atoms with Gasteiger partial charge in [-0.1, -0.05) is 12.1 Å². The largest absolute Gasteiger partial charge is 0.342 e. The van der Waals surface area contributed by atoms with Crippen molar-refractivity contribution < 1.29 is 13.6 Å². The molecule has 8 heteroatoms. The van der Waals surface area contributed by atoms with Gasteiger partial charge in [0.15, 0.2) is 0 Å². The fourth-order valence-corrected chi connectivity index (χ4v) is 4.03. The van der Waals surface area contributed by atoms with E-state index in [1.807, 2.05) is 24.3 Å². The van der Waals surface area contributed by atoms with Gasteiger partial charge in [-0.2, -0.15) is 8.78 Å². The Morgan fingerprint density at radius 2 is 2.11 bits per heavy atom. The van der Waals surface area contributed by atoms with Gasteiger partial charge in [0.25, 0.3) is 11.7 Å². The van der Waals surface area contributed by atoms with E-state index in [1.54, 1.807) is 17.0 Å². The molecule has 1 aliphatic heterocycles. The smallest absolute Gasteiger partial charge is 0.290 e. The van der Waals surface area contributed by atoms with Gasteiger partial charge in [-0.3, -0.25) is 4.79 Å². The summed E-state index contributed by atoms with van der Waals surface area (Å²) in [5, 5.41) is 0.0726. The van der Waals surface area contributed by atoms with Crippen LogP contribution in [0.4, 0.5) is 8.78 Å². The number of fused-ring (bicyclic) bond motifs is 1. The highest BCUT2D eigenvalue weighted by molar-refractivity contribution is 7.99. The van der Waals surface area contributed by atoms with E-state index in [4.69, 9.17) is 0 Å². The third-order valence-electron chi connectivity index (χ3n) is 4.71. The third-order valence-corrected chi connectivity index (χ3v) is 5.43. The summed E-state index contributed by atoms with van der Waals surface area (Å²) in [4.78, 5) is 26.6. The summed E-state index contributed by atoms with van der Waals surface area (Å²) in [7, 11) is 0. The van der Waals surface area contributed by atoms with Gasteiger partial charge < -0.3 is 9.88 Å². The average molecular weight is 388 g/mol. The van der Waals surface area contributed by atoms with Crippen LogP contribution in [0.5, 0.6) is 0 Å². The maximum Gasteiger partial charge on any atom is 0.290 e. The zero-order chi connectivity index (χ0) is 18.8. The normalized spacial score (nSPS) is 17.6. The lowest BCUT2D eigenvalue weighted by molar-refractivity contribution is 0.0700. The highest BCUT2D eigenvalue weighted by atomic mass is 32.2. The van der Waals surface area contributed by atoms with Crippen LogP contribution in [0.15, 0.2) is 47.6 Å². The van der Waals surface area contributed by atoms with Gasteiger partial charge in [-0.05, 0) is 48.9 Å². The lowest BCUT2D eigenvalue weighted by atomic mass is 9.97. The number of aromatic amines is 1. The number of carbonyl (C=O) groups is 1. The van der Waals surface area contributed by atoms with E-state index in [2.05, 4.69) is 15.0 Å². The molecule has 2 aromatic heterocycles. The molecule has 1 N–H and O–H groups in total. The first kappa shape index (κ1) is 17.9. The molecule has 1 fully saturated rings. The quantitative estimate of drug-likeness (QED) is 0.677. The molecule has 0 spiro atoms. The van der Waals surface area contributed by atoms with E-state index < -0.39 is 5.76 Å². The van der Waals surface area contributed by atoms with Gasteiger partial charge in [0.05, 0.1) is 16.6 Å². The van der Waals surface area contributed by atoms with Crippen molar-refractivity contribution in [3.05, 3.63) is 54.0 Å². The number of imidazole rings is 1. The minimum atomic E-state index is -2.61. The molecule has 1 aliphatic rings. The Bertz CT molecular complexity index is 929. The summed E-state index contributed by atoms with van der Waals surface area (Å²) < 4.78 is 25.6. The number of hydrogen-bond donors (Lipinski definition) is 1. The number of thioether (sulfide) groups is 1. The van der Waals surface area contributed by atoms with E-state index in [-0.39, 0.29) is 22.4 Å². The van der Waals surface area contributed by atoms with E-state index in [0.29, 0.717) is 24.9 Å². The molecule has 0 bridgehead atoms. The van der Waals surface area contributed by atoms with Crippen LogP contribution in [0.3, 0.4) is 0 Å². The molecule has 0 aliphatic carbocycles. The highest BCUT2D eigenvalue weighted by Crippen LogP contribution is 2.30. The minimum absolute atomic E-state index is 0.0726. The van der Waals surface area contributed by atoms with Crippen molar-refractivity contribution in [3.63, 3.8) is 0 Å². The summed E-state index contributed by atoms with van der Waals surface area (Å²) in [5.41, 5.74) is 2.10. The van der Waals surface area contributed by atoms with Gasteiger partial charge >= 0.3 is 0 Å². The predicted octanol–water partition coefficient (Wildman–Crippen LogP) is 4.29. The second-order valence-corrected chi connectivity index (χ2v) is 7.44. The third kappa shape index (κ3) is 3.80. The lowest BCUT2D eigenvalue weighted by Crippen LogP contribution is -2.39. The van der Waals surface area contributed by atoms with Crippen LogP contribution in [0.25, 0.3) is 11.0 Å². The first-order valence-electron chi connectivity index (χ1n) is 8.75. The van der Waals surface area contributed by atoms with Crippen molar-refractivity contribution >= 4 is 28.7 Å². The Kier molecular flexibility index (Phi) is 5.07. The number of nitrogens with one attached hydrogen (secondary N) is 1. The number of amides is 1. The monoisotopic (exact) mass is 388 g/mol. The van der Waals surface area contributed by atoms with Crippen LogP contribution in [-0.2, 0) is 0 Å². The van der Waals surface area contributed by atoms with Crippen molar-refractivity contribution in [1.29, 1.82) is 0 Å². The predicted molar refractivity (Wildman–Crippen MR) is 100 cm³/mol. The van der Waals surface area contributed by atoms with E-state index in [1.165, 1.54) is 6.20 Å². The van der Waals surface area contributed by atoms with Crippen molar-refractivity contribution in [2.45, 2.75) is 29.5 Å². The average Bonchev–Trinajstić information content (AvgIpc) is 3.12. The van der Waals surface area contributed by atoms with Crippen molar-refractivity contribution in [3.8, 4) is 0 Å². The molecule has 1 amide bonds. The first-order valence-corrected chi connectivity index (χ1v) is 9.63. The first-order chi connectivity index (χ1) is 13.1. The number of rotatable bonds is 4. The number of halogens is 2. The van der Waals surface area contributed by atoms with Crippen LogP contribution in [0.2, 0.25) is 0 Å². The van der Waals surface area contributed by atoms with E-state index in [0.717, 1.165) is 29.7 Å². The highest BCUT2D eigenvalue weighted by Gasteiger charge is 2.29. The molecule has 3 heterocycles. The van der Waals surface area contributed by atoms with Crippen LogP contribution < -0.4 is 0 Å². The number of nitrogens with zero attached hydrogens (tertiary/aromatic N) is 3. The Morgan fingerprint density at radius 3 is 2.93 bits per heavy atom. The molecule has 5 nitrogen and oxygen atoms in total. The SMILES string of the molecule is O=C(c1cccnc1SC(F)F)N1CCCC(c2nc3ccccc3[nH]2)C1. The van der Waals surface area contributed by atoms with Gasteiger partial charge in [0.2, 0.25) is 0 Å². The maximum absolute atomic E-state index is 12.9. The standard InChI is InChI=1S/C19H18F2N4OS/c20-19(21)27-17-13(6-3-9-22-17)18(26)25-10-4-5-12(11-25)16-23-14-7-1-2-8-15(14)24-16/h1-3,6-9,12,19H,4-5,10-11H2,(H,23,24). The lowest BCUT2D eigenvalue weighted by Gasteiger charge is -2.32. The zero-order valence-corrected chi connectivity index (χ0v) is 15.3. The molecule has 1 atom stereocenters. The van der Waals surface area contributed by atoms with Crippen LogP contribution >= 0.6 is 11.8 Å². The zero-order valence-electron chi connectivity index (χ0n) is 14.4. The minimum Gasteiger partial charge on any atom is -0.342 e. The van der Waals surface area contributed by atoms with Crippen LogP contribution in [0, 0.1) is 0 Å². The van der Waals surface area contributed by atoms with E-state index >= 15 is 0 Å². The molecule has 1 aromatic carbocycles. The Labute approximate surface area is 159 Å². The summed E-state index contributed by atoms with van der Waals surface area (Å²) in [6, 6.07) is 11.0. The number of H-pyrrole nitrogens is 1. The van der Waals surface area contributed by atoms with Crippen LogP contribution in [0.1, 0.15) is 34.9 Å². The molecule has 1 saturated heterocycles. The molecular weight excluding hydrogens is 370 g/mol.